The first kappa shape index (κ1) is 12.5. The van der Waals surface area contributed by atoms with Crippen molar-refractivity contribution in [3.05, 3.63) is 71.8 Å². The molecule has 2 atom stereocenters. The van der Waals surface area contributed by atoms with Crippen LogP contribution in [0.4, 0.5) is 0 Å². The van der Waals surface area contributed by atoms with Crippen molar-refractivity contribution in [2.24, 2.45) is 5.10 Å². The molecule has 2 aliphatic rings. The van der Waals surface area contributed by atoms with Gasteiger partial charge in [0.15, 0.2) is 0 Å². The molecule has 0 N–H and O–H groups in total. The minimum Gasteiger partial charge on any atom is -0.466 e. The smallest absolute Gasteiger partial charge is 0.238 e. The normalized spacial score (nSPS) is 24.2. The van der Waals surface area contributed by atoms with E-state index in [2.05, 4.69) is 41.4 Å². The summed E-state index contributed by atoms with van der Waals surface area (Å²) in [5.74, 6) is 0.739. The van der Waals surface area contributed by atoms with E-state index in [9.17, 15) is 0 Å². The monoisotopic (exact) mass is 278 g/mol. The SMILES string of the molecule is c1ccc(C2=NN3CCC[C@H]3[C@@H](c3ccccc3)O2)cc1. The number of benzene rings is 2. The van der Waals surface area contributed by atoms with Gasteiger partial charge in [-0.1, -0.05) is 48.5 Å². The van der Waals surface area contributed by atoms with E-state index in [0.717, 1.165) is 24.4 Å². The minimum absolute atomic E-state index is 0.0707. The highest BCUT2D eigenvalue weighted by atomic mass is 16.5. The predicted molar refractivity (Wildman–Crippen MR) is 83.0 cm³/mol. The fourth-order valence-electron chi connectivity index (χ4n) is 3.19. The maximum absolute atomic E-state index is 6.28. The van der Waals surface area contributed by atoms with Crippen LogP contribution in [0.1, 0.15) is 30.1 Å². The molecule has 0 radical (unpaired) electrons. The number of rotatable bonds is 2. The van der Waals surface area contributed by atoms with E-state index in [-0.39, 0.29) is 6.10 Å². The van der Waals surface area contributed by atoms with Crippen LogP contribution in [0.5, 0.6) is 0 Å². The van der Waals surface area contributed by atoms with Crippen molar-refractivity contribution in [3.63, 3.8) is 0 Å². The van der Waals surface area contributed by atoms with Gasteiger partial charge in [0.2, 0.25) is 5.90 Å². The Hall–Kier alpha value is -2.29. The molecule has 2 aromatic carbocycles. The molecule has 3 nitrogen and oxygen atoms in total. The molecule has 0 saturated carbocycles. The fraction of sp³-hybridized carbons (Fsp3) is 0.278. The molecule has 21 heavy (non-hydrogen) atoms. The Balaban J connectivity index is 1.72. The first-order chi connectivity index (χ1) is 10.4. The topological polar surface area (TPSA) is 24.8 Å². The average molecular weight is 278 g/mol. The number of ether oxygens (including phenoxy) is 1. The number of hydrogen-bond acceptors (Lipinski definition) is 3. The molecule has 2 aromatic rings. The molecule has 0 spiro atoms. The highest BCUT2D eigenvalue weighted by Gasteiger charge is 2.38. The van der Waals surface area contributed by atoms with Crippen LogP contribution in [0.3, 0.4) is 0 Å². The summed E-state index contributed by atoms with van der Waals surface area (Å²) in [6, 6.07) is 21.0. The molecule has 0 bridgehead atoms. The molecule has 0 unspecified atom stereocenters. The van der Waals surface area contributed by atoms with Crippen molar-refractivity contribution in [3.8, 4) is 0 Å². The zero-order valence-corrected chi connectivity index (χ0v) is 11.9. The Morgan fingerprint density at radius 3 is 2.43 bits per heavy atom. The Morgan fingerprint density at radius 1 is 0.952 bits per heavy atom. The van der Waals surface area contributed by atoms with Gasteiger partial charge in [-0.05, 0) is 30.5 Å². The van der Waals surface area contributed by atoms with Crippen molar-refractivity contribution in [1.29, 1.82) is 0 Å². The Labute approximate surface area is 124 Å². The lowest BCUT2D eigenvalue weighted by molar-refractivity contribution is 0.0532. The zero-order valence-electron chi connectivity index (χ0n) is 11.9. The summed E-state index contributed by atoms with van der Waals surface area (Å²) in [6.07, 6.45) is 2.40. The predicted octanol–water partition coefficient (Wildman–Crippen LogP) is 3.58. The second-order valence-electron chi connectivity index (χ2n) is 5.59. The second-order valence-corrected chi connectivity index (χ2v) is 5.59. The quantitative estimate of drug-likeness (QED) is 0.838. The van der Waals surface area contributed by atoms with Crippen LogP contribution in [0.2, 0.25) is 0 Å². The van der Waals surface area contributed by atoms with Gasteiger partial charge < -0.3 is 4.74 Å². The lowest BCUT2D eigenvalue weighted by atomic mass is 10.00. The summed E-state index contributed by atoms with van der Waals surface area (Å²) in [5.41, 5.74) is 2.28. The Bertz CT molecular complexity index is 639. The molecule has 4 rings (SSSR count). The van der Waals surface area contributed by atoms with Gasteiger partial charge in [0.1, 0.15) is 6.10 Å². The third-order valence-corrected chi connectivity index (χ3v) is 4.23. The van der Waals surface area contributed by atoms with Gasteiger partial charge >= 0.3 is 0 Å². The average Bonchev–Trinajstić information content (AvgIpc) is 3.04. The summed E-state index contributed by atoms with van der Waals surface area (Å²) in [4.78, 5) is 0. The standard InChI is InChI=1S/C18H18N2O/c1-3-8-14(9-4-1)17-16-12-7-13-20(16)19-18(21-17)15-10-5-2-6-11-15/h1-6,8-11,16-17H,7,12-13H2/t16-,17+/m0/s1. The van der Waals surface area contributed by atoms with E-state index in [4.69, 9.17) is 9.84 Å². The van der Waals surface area contributed by atoms with Gasteiger partial charge in [-0.25, -0.2) is 0 Å². The molecular weight excluding hydrogens is 260 g/mol. The van der Waals surface area contributed by atoms with Gasteiger partial charge in [0, 0.05) is 12.1 Å². The van der Waals surface area contributed by atoms with Crippen LogP contribution in [0.25, 0.3) is 0 Å². The van der Waals surface area contributed by atoms with Gasteiger partial charge in [-0.15, -0.1) is 5.10 Å². The van der Waals surface area contributed by atoms with E-state index >= 15 is 0 Å². The van der Waals surface area contributed by atoms with Gasteiger partial charge in [0.05, 0.1) is 6.04 Å². The number of nitrogens with zero attached hydrogens (tertiary/aromatic N) is 2. The lowest BCUT2D eigenvalue weighted by Crippen LogP contribution is -2.39. The Kier molecular flexibility index (Phi) is 3.11. The highest BCUT2D eigenvalue weighted by Crippen LogP contribution is 2.36. The third kappa shape index (κ3) is 2.29. The fourth-order valence-corrected chi connectivity index (χ4v) is 3.19. The van der Waals surface area contributed by atoms with Crippen LogP contribution >= 0.6 is 0 Å². The Morgan fingerprint density at radius 2 is 1.67 bits per heavy atom. The molecule has 3 heteroatoms. The number of hydrazone groups is 1. The zero-order chi connectivity index (χ0) is 14.1. The summed E-state index contributed by atoms with van der Waals surface area (Å²) in [7, 11) is 0. The van der Waals surface area contributed by atoms with Gasteiger partial charge in [0.25, 0.3) is 0 Å². The van der Waals surface area contributed by atoms with E-state index < -0.39 is 0 Å². The van der Waals surface area contributed by atoms with E-state index in [1.807, 2.05) is 24.3 Å². The summed E-state index contributed by atoms with van der Waals surface area (Å²) >= 11 is 0. The molecule has 0 amide bonds. The van der Waals surface area contributed by atoms with Crippen molar-refractivity contribution in [2.45, 2.75) is 25.0 Å². The summed E-state index contributed by atoms with van der Waals surface area (Å²) in [5, 5.41) is 6.93. The van der Waals surface area contributed by atoms with Crippen molar-refractivity contribution < 1.29 is 4.74 Å². The van der Waals surface area contributed by atoms with E-state index in [1.54, 1.807) is 0 Å². The number of hydrogen-bond donors (Lipinski definition) is 0. The molecule has 0 aromatic heterocycles. The summed E-state index contributed by atoms with van der Waals surface area (Å²) in [6.45, 7) is 1.02. The van der Waals surface area contributed by atoms with Crippen LogP contribution < -0.4 is 0 Å². The minimum atomic E-state index is 0.0707. The van der Waals surface area contributed by atoms with Gasteiger partial charge in [-0.3, -0.25) is 5.01 Å². The van der Waals surface area contributed by atoms with Crippen molar-refractivity contribution in [2.75, 3.05) is 6.54 Å². The highest BCUT2D eigenvalue weighted by molar-refractivity contribution is 5.94. The van der Waals surface area contributed by atoms with E-state index in [1.165, 1.54) is 12.0 Å². The molecule has 1 fully saturated rings. The molecular formula is C18H18N2O. The summed E-state index contributed by atoms with van der Waals surface area (Å²) < 4.78 is 6.28. The number of fused-ring (bicyclic) bond motifs is 1. The first-order valence-electron chi connectivity index (χ1n) is 7.54. The van der Waals surface area contributed by atoms with Crippen LogP contribution in [-0.4, -0.2) is 23.5 Å². The molecule has 106 valence electrons. The largest absolute Gasteiger partial charge is 0.466 e. The first-order valence-corrected chi connectivity index (χ1v) is 7.54. The maximum atomic E-state index is 6.28. The van der Waals surface area contributed by atoms with Crippen LogP contribution in [0, 0.1) is 0 Å². The van der Waals surface area contributed by atoms with Gasteiger partial charge in [-0.2, -0.15) is 0 Å². The molecule has 0 aliphatic carbocycles. The molecule has 2 heterocycles. The van der Waals surface area contributed by atoms with Crippen molar-refractivity contribution in [1.82, 2.24) is 5.01 Å². The second kappa shape index (κ2) is 5.24. The molecule has 2 aliphatic heterocycles. The maximum Gasteiger partial charge on any atom is 0.238 e. The molecule has 1 saturated heterocycles. The third-order valence-electron chi connectivity index (χ3n) is 4.23. The van der Waals surface area contributed by atoms with Crippen LogP contribution in [0.15, 0.2) is 65.8 Å². The van der Waals surface area contributed by atoms with E-state index in [0.29, 0.717) is 6.04 Å². The van der Waals surface area contributed by atoms with Crippen LogP contribution in [-0.2, 0) is 4.74 Å². The lowest BCUT2D eigenvalue weighted by Gasteiger charge is -2.35. The van der Waals surface area contributed by atoms with Crippen molar-refractivity contribution >= 4 is 5.90 Å².